The molecule has 2 aromatic carbocycles. The minimum absolute atomic E-state index is 0.0873. The largest absolute Gasteiger partial charge is 0.489 e. The fourth-order valence-corrected chi connectivity index (χ4v) is 2.15. The third-order valence-electron chi connectivity index (χ3n) is 3.19. The molecule has 0 aromatic heterocycles. The molecule has 3 heteroatoms. The zero-order chi connectivity index (χ0) is 14.5. The van der Waals surface area contributed by atoms with Crippen molar-refractivity contribution < 1.29 is 9.53 Å². The van der Waals surface area contributed by atoms with E-state index in [9.17, 15) is 4.79 Å². The lowest BCUT2D eigenvalue weighted by atomic mass is 10.0. The van der Waals surface area contributed by atoms with E-state index in [0.29, 0.717) is 6.61 Å². The number of rotatable bonds is 5. The maximum absolute atomic E-state index is 11.5. The molecule has 2 aromatic rings. The van der Waals surface area contributed by atoms with E-state index < -0.39 is 0 Å². The second-order valence-corrected chi connectivity index (χ2v) is 4.76. The molecule has 0 radical (unpaired) electrons. The first kappa shape index (κ1) is 14.1. The van der Waals surface area contributed by atoms with Gasteiger partial charge >= 0.3 is 0 Å². The summed E-state index contributed by atoms with van der Waals surface area (Å²) >= 11 is 0. The summed E-state index contributed by atoms with van der Waals surface area (Å²) in [6.45, 7) is 4.08. The van der Waals surface area contributed by atoms with Crippen LogP contribution in [0.1, 0.15) is 35.3 Å². The molecule has 104 valence electrons. The number of anilines is 1. The van der Waals surface area contributed by atoms with E-state index in [4.69, 9.17) is 10.5 Å². The maximum Gasteiger partial charge on any atom is 0.160 e. The van der Waals surface area contributed by atoms with Crippen LogP contribution in [-0.2, 0) is 13.0 Å². The van der Waals surface area contributed by atoms with Crippen LogP contribution in [0.4, 0.5) is 5.69 Å². The van der Waals surface area contributed by atoms with Crippen LogP contribution in [-0.4, -0.2) is 5.78 Å². The number of nitrogens with two attached hydrogens (primary N) is 1. The first-order valence-corrected chi connectivity index (χ1v) is 6.71. The van der Waals surface area contributed by atoms with Crippen molar-refractivity contribution in [1.82, 2.24) is 0 Å². The molecule has 2 N–H and O–H groups in total. The van der Waals surface area contributed by atoms with Gasteiger partial charge in [0.05, 0.1) is 0 Å². The van der Waals surface area contributed by atoms with Crippen molar-refractivity contribution in [2.75, 3.05) is 5.73 Å². The van der Waals surface area contributed by atoms with Gasteiger partial charge in [-0.15, -0.1) is 0 Å². The summed E-state index contributed by atoms with van der Waals surface area (Å²) in [7, 11) is 0. The van der Waals surface area contributed by atoms with Crippen molar-refractivity contribution in [3.8, 4) is 5.75 Å². The quantitative estimate of drug-likeness (QED) is 0.666. The number of carbonyl (C=O) groups excluding carboxylic acids is 1. The lowest BCUT2D eigenvalue weighted by Gasteiger charge is -2.10. The van der Waals surface area contributed by atoms with Crippen LogP contribution in [0, 0.1) is 0 Å². The van der Waals surface area contributed by atoms with E-state index in [1.165, 1.54) is 0 Å². The van der Waals surface area contributed by atoms with Gasteiger partial charge in [0, 0.05) is 11.3 Å². The molecule has 0 bridgehead atoms. The number of aryl methyl sites for hydroxylation is 1. The maximum atomic E-state index is 11.5. The molecule has 0 atom stereocenters. The fourth-order valence-electron chi connectivity index (χ4n) is 2.15. The van der Waals surface area contributed by atoms with Gasteiger partial charge in [-0.05, 0) is 54.8 Å². The predicted molar refractivity (Wildman–Crippen MR) is 81.0 cm³/mol. The highest BCUT2D eigenvalue weighted by Crippen LogP contribution is 2.20. The number of nitrogen functional groups attached to an aromatic ring is 1. The molecule has 20 heavy (non-hydrogen) atoms. The van der Waals surface area contributed by atoms with E-state index in [-0.39, 0.29) is 5.78 Å². The molecule has 0 amide bonds. The van der Waals surface area contributed by atoms with Crippen LogP contribution in [0.3, 0.4) is 0 Å². The molecular formula is C17H19NO2. The number of hydrogen-bond acceptors (Lipinski definition) is 3. The molecule has 2 rings (SSSR count). The van der Waals surface area contributed by atoms with Gasteiger partial charge in [0.2, 0.25) is 0 Å². The second-order valence-electron chi connectivity index (χ2n) is 4.76. The van der Waals surface area contributed by atoms with Crippen LogP contribution in [0.5, 0.6) is 5.75 Å². The summed E-state index contributed by atoms with van der Waals surface area (Å²) in [5.74, 6) is 0.860. The molecule has 0 spiro atoms. The van der Waals surface area contributed by atoms with Crippen molar-refractivity contribution in [2.24, 2.45) is 0 Å². The third-order valence-corrected chi connectivity index (χ3v) is 3.19. The van der Waals surface area contributed by atoms with E-state index in [1.807, 2.05) is 49.4 Å². The zero-order valence-electron chi connectivity index (χ0n) is 11.8. The van der Waals surface area contributed by atoms with Crippen LogP contribution in [0.15, 0.2) is 42.5 Å². The van der Waals surface area contributed by atoms with Crippen molar-refractivity contribution in [3.05, 3.63) is 59.2 Å². The normalized spacial score (nSPS) is 10.3. The number of hydrogen-bond donors (Lipinski definition) is 1. The molecule has 0 saturated heterocycles. The topological polar surface area (TPSA) is 52.3 Å². The lowest BCUT2D eigenvalue weighted by molar-refractivity contribution is 0.101. The Balaban J connectivity index is 2.12. The third kappa shape index (κ3) is 3.38. The molecule has 0 heterocycles. The van der Waals surface area contributed by atoms with Gasteiger partial charge in [-0.3, -0.25) is 4.79 Å². The number of ether oxygens (including phenoxy) is 1. The van der Waals surface area contributed by atoms with Gasteiger partial charge in [-0.2, -0.15) is 0 Å². The Morgan fingerprint density at radius 3 is 2.65 bits per heavy atom. The van der Waals surface area contributed by atoms with Crippen LogP contribution >= 0.6 is 0 Å². The fraction of sp³-hybridized carbons (Fsp3) is 0.235. The zero-order valence-corrected chi connectivity index (χ0v) is 11.8. The highest BCUT2D eigenvalue weighted by atomic mass is 16.5. The summed E-state index contributed by atoms with van der Waals surface area (Å²) in [5, 5.41) is 0. The monoisotopic (exact) mass is 269 g/mol. The summed E-state index contributed by atoms with van der Waals surface area (Å²) < 4.78 is 5.76. The molecule has 0 aliphatic heterocycles. The van der Waals surface area contributed by atoms with Gasteiger partial charge in [-0.1, -0.05) is 19.1 Å². The van der Waals surface area contributed by atoms with Crippen LogP contribution in [0.2, 0.25) is 0 Å². The van der Waals surface area contributed by atoms with Gasteiger partial charge in [-0.25, -0.2) is 0 Å². The average Bonchev–Trinajstić information content (AvgIpc) is 2.44. The summed E-state index contributed by atoms with van der Waals surface area (Å²) in [5.41, 5.74) is 9.27. The Kier molecular flexibility index (Phi) is 4.41. The van der Waals surface area contributed by atoms with E-state index in [2.05, 4.69) is 0 Å². The number of Topliss-reactive ketones (excluding diaryl/α,β-unsaturated/α-hetero) is 1. The van der Waals surface area contributed by atoms with Crippen LogP contribution < -0.4 is 10.5 Å². The Morgan fingerprint density at radius 2 is 2.00 bits per heavy atom. The Bertz CT molecular complexity index is 620. The molecule has 0 fully saturated rings. The Morgan fingerprint density at radius 1 is 1.20 bits per heavy atom. The van der Waals surface area contributed by atoms with Gasteiger partial charge in [0.1, 0.15) is 12.4 Å². The summed E-state index contributed by atoms with van der Waals surface area (Å²) in [4.78, 5) is 11.5. The van der Waals surface area contributed by atoms with Gasteiger partial charge in [0.15, 0.2) is 5.78 Å². The minimum atomic E-state index is 0.0873. The van der Waals surface area contributed by atoms with E-state index in [1.54, 1.807) is 6.92 Å². The lowest BCUT2D eigenvalue weighted by Crippen LogP contribution is -2.01. The summed E-state index contributed by atoms with van der Waals surface area (Å²) in [6.07, 6.45) is 0.810. The Labute approximate surface area is 119 Å². The van der Waals surface area contributed by atoms with Crippen LogP contribution in [0.25, 0.3) is 0 Å². The molecule has 3 nitrogen and oxygen atoms in total. The minimum Gasteiger partial charge on any atom is -0.489 e. The van der Waals surface area contributed by atoms with Gasteiger partial charge in [0.25, 0.3) is 0 Å². The second kappa shape index (κ2) is 6.24. The van der Waals surface area contributed by atoms with Gasteiger partial charge < -0.3 is 10.5 Å². The average molecular weight is 269 g/mol. The predicted octanol–water partition coefficient (Wildman–Crippen LogP) is 3.61. The van der Waals surface area contributed by atoms with Crippen molar-refractivity contribution in [2.45, 2.75) is 26.9 Å². The highest BCUT2D eigenvalue weighted by Gasteiger charge is 2.07. The van der Waals surface area contributed by atoms with Crippen molar-refractivity contribution in [3.63, 3.8) is 0 Å². The first-order chi connectivity index (χ1) is 9.60. The molecular weight excluding hydrogens is 250 g/mol. The molecule has 0 unspecified atom stereocenters. The smallest absolute Gasteiger partial charge is 0.160 e. The summed E-state index contributed by atoms with van der Waals surface area (Å²) in [6, 6.07) is 13.2. The molecule has 0 aliphatic carbocycles. The standard InChI is InChI=1S/C17H19NO2/c1-3-14-10-16(7-8-17(14)12(2)19)20-11-13-5-4-6-15(18)9-13/h4-10H,3,11,18H2,1-2H3. The molecule has 0 saturated carbocycles. The van der Waals surface area contributed by atoms with Crippen molar-refractivity contribution >= 4 is 11.5 Å². The Hall–Kier alpha value is -2.29. The number of ketones is 1. The van der Waals surface area contributed by atoms with E-state index in [0.717, 1.165) is 34.5 Å². The number of benzene rings is 2. The SMILES string of the molecule is CCc1cc(OCc2cccc(N)c2)ccc1C(C)=O. The number of carbonyl (C=O) groups is 1. The van der Waals surface area contributed by atoms with Crippen molar-refractivity contribution in [1.29, 1.82) is 0 Å². The first-order valence-electron chi connectivity index (χ1n) is 6.71. The highest BCUT2D eigenvalue weighted by molar-refractivity contribution is 5.95. The van der Waals surface area contributed by atoms with E-state index >= 15 is 0 Å². The molecule has 0 aliphatic rings.